The molecule has 1 aromatic carbocycles. The third-order valence-corrected chi connectivity index (χ3v) is 4.67. The average molecular weight is 370 g/mol. The molecule has 0 radical (unpaired) electrons. The highest BCUT2D eigenvalue weighted by atomic mass is 35.5. The first kappa shape index (κ1) is 16.2. The monoisotopic (exact) mass is 369 g/mol. The van der Waals surface area contributed by atoms with Crippen LogP contribution >= 0.6 is 34.5 Å². The Morgan fingerprint density at radius 2 is 2.09 bits per heavy atom. The quantitative estimate of drug-likeness (QED) is 0.843. The summed E-state index contributed by atoms with van der Waals surface area (Å²) in [5.74, 6) is -0.219. The number of hydrogen-bond acceptors (Lipinski definition) is 4. The molecule has 1 fully saturated rings. The molecule has 0 saturated heterocycles. The van der Waals surface area contributed by atoms with E-state index in [0.29, 0.717) is 16.1 Å². The van der Waals surface area contributed by atoms with Crippen LogP contribution in [-0.2, 0) is 4.79 Å². The Hall–Kier alpha value is -1.63. The van der Waals surface area contributed by atoms with Gasteiger partial charge in [-0.15, -0.1) is 11.3 Å². The zero-order valence-electron chi connectivity index (χ0n) is 11.9. The molecule has 120 valence electrons. The number of hydrogen-bond donors (Lipinski definition) is 2. The molecule has 1 aliphatic rings. The maximum Gasteiger partial charge on any atom is 0.253 e. The van der Waals surface area contributed by atoms with E-state index >= 15 is 0 Å². The van der Waals surface area contributed by atoms with Crippen molar-refractivity contribution in [1.82, 2.24) is 10.3 Å². The minimum Gasteiger partial charge on any atom is -0.343 e. The fourth-order valence-electron chi connectivity index (χ4n) is 2.00. The van der Waals surface area contributed by atoms with Crippen molar-refractivity contribution >= 4 is 51.5 Å². The Kier molecular flexibility index (Phi) is 4.84. The van der Waals surface area contributed by atoms with Crippen LogP contribution in [0.5, 0.6) is 0 Å². The van der Waals surface area contributed by atoms with Crippen LogP contribution < -0.4 is 10.6 Å². The highest BCUT2D eigenvalue weighted by molar-refractivity contribution is 7.13. The van der Waals surface area contributed by atoms with Gasteiger partial charge in [0, 0.05) is 16.3 Å². The fourth-order valence-corrected chi connectivity index (χ4v) is 3.31. The van der Waals surface area contributed by atoms with Crippen LogP contribution in [0.3, 0.4) is 0 Å². The summed E-state index contributed by atoms with van der Waals surface area (Å²) in [5.41, 5.74) is 1.30. The molecule has 1 aliphatic carbocycles. The van der Waals surface area contributed by atoms with Gasteiger partial charge in [0.15, 0.2) is 5.13 Å². The molecule has 1 aromatic heterocycles. The molecule has 23 heavy (non-hydrogen) atoms. The van der Waals surface area contributed by atoms with Crippen molar-refractivity contribution in [2.24, 2.45) is 0 Å². The number of anilines is 1. The fraction of sp³-hybridized carbons (Fsp3) is 0.267. The van der Waals surface area contributed by atoms with Gasteiger partial charge in [-0.05, 0) is 31.0 Å². The molecule has 3 rings (SSSR count). The summed E-state index contributed by atoms with van der Waals surface area (Å²) in [4.78, 5) is 28.2. The molecule has 0 bridgehead atoms. The van der Waals surface area contributed by atoms with Gasteiger partial charge >= 0.3 is 0 Å². The number of rotatable bonds is 5. The van der Waals surface area contributed by atoms with Crippen molar-refractivity contribution in [3.05, 3.63) is 44.9 Å². The van der Waals surface area contributed by atoms with Crippen LogP contribution in [0.25, 0.3) is 0 Å². The van der Waals surface area contributed by atoms with Gasteiger partial charge in [-0.1, -0.05) is 23.2 Å². The first-order valence-electron chi connectivity index (χ1n) is 7.01. The molecule has 2 aromatic rings. The van der Waals surface area contributed by atoms with Gasteiger partial charge in [-0.2, -0.15) is 0 Å². The van der Waals surface area contributed by atoms with Crippen molar-refractivity contribution in [1.29, 1.82) is 0 Å². The van der Waals surface area contributed by atoms with Gasteiger partial charge in [-0.25, -0.2) is 4.98 Å². The normalized spacial score (nSPS) is 13.7. The van der Waals surface area contributed by atoms with Gasteiger partial charge in [0.1, 0.15) is 0 Å². The lowest BCUT2D eigenvalue weighted by atomic mass is 10.2. The average Bonchev–Trinajstić information content (AvgIpc) is 3.25. The zero-order valence-corrected chi connectivity index (χ0v) is 14.3. The van der Waals surface area contributed by atoms with Crippen LogP contribution in [0.2, 0.25) is 10.0 Å². The van der Waals surface area contributed by atoms with Crippen molar-refractivity contribution in [2.45, 2.75) is 18.8 Å². The Balaban J connectivity index is 1.52. The van der Waals surface area contributed by atoms with Crippen LogP contribution in [0.15, 0.2) is 23.6 Å². The largest absolute Gasteiger partial charge is 0.343 e. The van der Waals surface area contributed by atoms with E-state index in [-0.39, 0.29) is 23.0 Å². The first-order chi connectivity index (χ1) is 11.0. The third kappa shape index (κ3) is 4.22. The second kappa shape index (κ2) is 6.86. The van der Waals surface area contributed by atoms with Crippen LogP contribution in [-0.4, -0.2) is 23.3 Å². The topological polar surface area (TPSA) is 71.1 Å². The highest BCUT2D eigenvalue weighted by Gasteiger charge is 2.26. The second-order valence-corrected chi connectivity index (χ2v) is 6.91. The number of nitrogens with zero attached hydrogens (tertiary/aromatic N) is 1. The van der Waals surface area contributed by atoms with Gasteiger partial charge in [-0.3, -0.25) is 9.59 Å². The highest BCUT2D eigenvalue weighted by Crippen LogP contribution is 2.40. The van der Waals surface area contributed by atoms with E-state index in [4.69, 9.17) is 23.2 Å². The molecule has 2 N–H and O–H groups in total. The second-order valence-electron chi connectivity index (χ2n) is 5.21. The smallest absolute Gasteiger partial charge is 0.253 e. The summed E-state index contributed by atoms with van der Waals surface area (Å²) < 4.78 is 0. The summed E-state index contributed by atoms with van der Waals surface area (Å²) in [6.07, 6.45) is 2.32. The molecule has 0 aliphatic heterocycles. The molecule has 2 amide bonds. The molecule has 0 unspecified atom stereocenters. The predicted octanol–water partition coefficient (Wildman–Crippen LogP) is 3.70. The third-order valence-electron chi connectivity index (χ3n) is 3.35. The lowest BCUT2D eigenvalue weighted by Gasteiger charge is -2.06. The lowest BCUT2D eigenvalue weighted by molar-refractivity contribution is -0.115. The van der Waals surface area contributed by atoms with Gasteiger partial charge < -0.3 is 10.6 Å². The van der Waals surface area contributed by atoms with Crippen LogP contribution in [0.4, 0.5) is 5.13 Å². The summed E-state index contributed by atoms with van der Waals surface area (Å²) in [6.45, 7) is -0.157. The Labute approximate surface area is 147 Å². The molecular formula is C15H13Cl2N3O2S. The van der Waals surface area contributed by atoms with E-state index in [2.05, 4.69) is 15.6 Å². The minimum absolute atomic E-state index is 0.157. The number of amides is 2. The molecule has 8 heteroatoms. The van der Waals surface area contributed by atoms with Gasteiger partial charge in [0.2, 0.25) is 5.91 Å². The van der Waals surface area contributed by atoms with E-state index in [1.54, 1.807) is 6.07 Å². The number of benzene rings is 1. The molecule has 1 heterocycles. The Morgan fingerprint density at radius 1 is 1.30 bits per heavy atom. The van der Waals surface area contributed by atoms with Gasteiger partial charge in [0.05, 0.1) is 22.8 Å². The van der Waals surface area contributed by atoms with Crippen LogP contribution in [0.1, 0.15) is 34.8 Å². The van der Waals surface area contributed by atoms with E-state index in [1.165, 1.54) is 23.5 Å². The van der Waals surface area contributed by atoms with E-state index in [0.717, 1.165) is 18.5 Å². The van der Waals surface area contributed by atoms with Crippen molar-refractivity contribution in [3.63, 3.8) is 0 Å². The standard InChI is InChI=1S/C15H13Cl2N3O2S/c16-9-3-4-10(11(17)5-9)14(22)18-6-13(21)20-15-19-12(7-23-15)8-1-2-8/h3-5,7-8H,1-2,6H2,(H,18,22)(H,19,20,21). The Bertz CT molecular complexity index is 759. The van der Waals surface area contributed by atoms with Crippen LogP contribution in [0, 0.1) is 0 Å². The number of carbonyl (C=O) groups excluding carboxylic acids is 2. The number of carbonyl (C=O) groups is 2. The first-order valence-corrected chi connectivity index (χ1v) is 8.65. The Morgan fingerprint density at radius 3 is 2.78 bits per heavy atom. The SMILES string of the molecule is O=C(CNC(=O)c1ccc(Cl)cc1Cl)Nc1nc(C2CC2)cs1. The van der Waals surface area contributed by atoms with Gasteiger partial charge in [0.25, 0.3) is 5.91 Å². The predicted molar refractivity (Wildman–Crippen MR) is 91.5 cm³/mol. The zero-order chi connectivity index (χ0) is 16.4. The number of aromatic nitrogens is 1. The molecule has 5 nitrogen and oxygen atoms in total. The summed E-state index contributed by atoms with van der Waals surface area (Å²) >= 11 is 13.1. The van der Waals surface area contributed by atoms with E-state index in [9.17, 15) is 9.59 Å². The van der Waals surface area contributed by atoms with Crippen molar-refractivity contribution < 1.29 is 9.59 Å². The summed E-state index contributed by atoms with van der Waals surface area (Å²) in [5, 5.41) is 8.39. The number of nitrogens with one attached hydrogen (secondary N) is 2. The molecule has 0 spiro atoms. The minimum atomic E-state index is -0.431. The van der Waals surface area contributed by atoms with Crippen molar-refractivity contribution in [2.75, 3.05) is 11.9 Å². The molecule has 1 saturated carbocycles. The van der Waals surface area contributed by atoms with E-state index in [1.807, 2.05) is 5.38 Å². The molecule has 0 atom stereocenters. The van der Waals surface area contributed by atoms with Crippen molar-refractivity contribution in [3.8, 4) is 0 Å². The molecular weight excluding hydrogens is 357 g/mol. The lowest BCUT2D eigenvalue weighted by Crippen LogP contribution is -2.33. The van der Waals surface area contributed by atoms with E-state index < -0.39 is 5.91 Å². The maximum absolute atomic E-state index is 12.0. The number of thiazole rings is 1. The number of halogens is 2. The summed E-state index contributed by atoms with van der Waals surface area (Å²) in [7, 11) is 0. The maximum atomic E-state index is 12.0. The summed E-state index contributed by atoms with van der Waals surface area (Å²) in [6, 6.07) is 4.56.